The van der Waals surface area contributed by atoms with Crippen molar-refractivity contribution in [3.8, 4) is 22.3 Å². The Bertz CT molecular complexity index is 737. The molecule has 0 heteroatoms. The fraction of sp³-hybridized carbons (Fsp3) is 0.100. The Kier molecular flexibility index (Phi) is 2.67. The van der Waals surface area contributed by atoms with Crippen LogP contribution in [-0.4, -0.2) is 0 Å². The average molecular weight is 256 g/mol. The van der Waals surface area contributed by atoms with Gasteiger partial charge in [0.1, 0.15) is 0 Å². The Morgan fingerprint density at radius 2 is 1.20 bits per heavy atom. The van der Waals surface area contributed by atoms with Crippen LogP contribution in [0.3, 0.4) is 0 Å². The lowest BCUT2D eigenvalue weighted by molar-refractivity contribution is 0.842. The average Bonchev–Trinajstić information content (AvgIpc) is 2.49. The van der Waals surface area contributed by atoms with Crippen LogP contribution in [0, 0.1) is 0 Å². The van der Waals surface area contributed by atoms with Gasteiger partial charge in [-0.05, 0) is 46.2 Å². The van der Waals surface area contributed by atoms with Gasteiger partial charge in [0, 0.05) is 0 Å². The van der Waals surface area contributed by atoms with Crippen LogP contribution >= 0.6 is 0 Å². The first kappa shape index (κ1) is 11.5. The summed E-state index contributed by atoms with van der Waals surface area (Å²) >= 11 is 0. The fourth-order valence-electron chi connectivity index (χ4n) is 2.99. The molecule has 1 aliphatic carbocycles. The smallest absolute Gasteiger partial charge is 0.0149 e. The van der Waals surface area contributed by atoms with Crippen molar-refractivity contribution in [1.29, 1.82) is 0 Å². The highest BCUT2D eigenvalue weighted by Crippen LogP contribution is 2.34. The van der Waals surface area contributed by atoms with Crippen molar-refractivity contribution in [1.82, 2.24) is 0 Å². The molecule has 0 spiro atoms. The molecule has 0 amide bonds. The molecule has 3 aromatic rings. The molecule has 4 rings (SSSR count). The van der Waals surface area contributed by atoms with Crippen LogP contribution in [-0.2, 0) is 12.8 Å². The molecule has 96 valence electrons. The highest BCUT2D eigenvalue weighted by Gasteiger charge is 2.17. The topological polar surface area (TPSA) is 0 Å². The van der Waals surface area contributed by atoms with Gasteiger partial charge in [0.25, 0.3) is 0 Å². The van der Waals surface area contributed by atoms with Crippen LogP contribution in [0.2, 0.25) is 0 Å². The summed E-state index contributed by atoms with van der Waals surface area (Å²) in [4.78, 5) is 0. The Morgan fingerprint density at radius 3 is 1.90 bits per heavy atom. The first-order chi connectivity index (χ1) is 9.92. The van der Waals surface area contributed by atoms with E-state index in [1.807, 2.05) is 0 Å². The van der Waals surface area contributed by atoms with Gasteiger partial charge in [-0.15, -0.1) is 0 Å². The quantitative estimate of drug-likeness (QED) is 0.597. The first-order valence-corrected chi connectivity index (χ1v) is 7.18. The number of benzene rings is 3. The van der Waals surface area contributed by atoms with E-state index in [-0.39, 0.29) is 0 Å². The molecule has 0 aliphatic heterocycles. The van der Waals surface area contributed by atoms with Gasteiger partial charge in [0.2, 0.25) is 0 Å². The highest BCUT2D eigenvalue weighted by molar-refractivity contribution is 5.74. The van der Waals surface area contributed by atoms with Gasteiger partial charge in [0.05, 0.1) is 0 Å². The maximum atomic E-state index is 2.25. The van der Waals surface area contributed by atoms with E-state index in [1.54, 1.807) is 5.56 Å². The summed E-state index contributed by atoms with van der Waals surface area (Å²) in [6.45, 7) is 0. The second-order valence-corrected chi connectivity index (χ2v) is 5.39. The molecule has 0 N–H and O–H groups in total. The van der Waals surface area contributed by atoms with Crippen molar-refractivity contribution in [3.63, 3.8) is 0 Å². The Balaban J connectivity index is 1.73. The molecule has 0 unspecified atom stereocenters. The lowest BCUT2D eigenvalue weighted by Crippen LogP contribution is -2.09. The second kappa shape index (κ2) is 4.64. The van der Waals surface area contributed by atoms with Crippen LogP contribution in [0.1, 0.15) is 11.1 Å². The van der Waals surface area contributed by atoms with Crippen LogP contribution in [0.25, 0.3) is 22.3 Å². The van der Waals surface area contributed by atoms with Gasteiger partial charge in [-0.3, -0.25) is 0 Å². The highest BCUT2D eigenvalue weighted by atomic mass is 14.2. The number of fused-ring (bicyclic) bond motifs is 1. The normalized spacial score (nSPS) is 12.6. The van der Waals surface area contributed by atoms with E-state index in [4.69, 9.17) is 0 Å². The zero-order chi connectivity index (χ0) is 13.4. The van der Waals surface area contributed by atoms with Crippen LogP contribution in [0.15, 0.2) is 72.8 Å². The monoisotopic (exact) mass is 256 g/mol. The number of rotatable bonds is 2. The zero-order valence-electron chi connectivity index (χ0n) is 11.3. The molecule has 0 bridgehead atoms. The third kappa shape index (κ3) is 1.85. The molecule has 0 heterocycles. The van der Waals surface area contributed by atoms with Crippen LogP contribution < -0.4 is 0 Å². The molecule has 0 aromatic heterocycles. The molecule has 0 saturated heterocycles. The van der Waals surface area contributed by atoms with Gasteiger partial charge in [-0.25, -0.2) is 0 Å². The molecular weight excluding hydrogens is 240 g/mol. The standard InChI is InChI=1S/C20H16/c1-2-5-15(6-3-1)16-9-11-18(12-10-16)19-8-4-7-17-13-14-20(17)19/h1-12H,13-14H2. The molecule has 0 nitrogen and oxygen atoms in total. The van der Waals surface area contributed by atoms with Crippen molar-refractivity contribution in [2.24, 2.45) is 0 Å². The predicted molar refractivity (Wildman–Crippen MR) is 84.7 cm³/mol. The van der Waals surface area contributed by atoms with Gasteiger partial charge < -0.3 is 0 Å². The molecule has 1 aliphatic rings. The fourth-order valence-corrected chi connectivity index (χ4v) is 2.99. The SMILES string of the molecule is c1ccc(-c2ccc(-c3cccc4c3CC4)cc2)cc1. The minimum atomic E-state index is 1.23. The summed E-state index contributed by atoms with van der Waals surface area (Å²) in [5.41, 5.74) is 8.37. The van der Waals surface area contributed by atoms with Gasteiger partial charge in [0.15, 0.2) is 0 Å². The van der Waals surface area contributed by atoms with E-state index in [1.165, 1.54) is 40.7 Å². The molecule has 0 atom stereocenters. The van der Waals surface area contributed by atoms with E-state index in [2.05, 4.69) is 72.8 Å². The molecular formula is C20H16. The van der Waals surface area contributed by atoms with E-state index < -0.39 is 0 Å². The lowest BCUT2D eigenvalue weighted by atomic mass is 9.82. The predicted octanol–water partition coefficient (Wildman–Crippen LogP) is 5.12. The molecule has 0 radical (unpaired) electrons. The summed E-state index contributed by atoms with van der Waals surface area (Å²) in [6, 6.07) is 26.2. The van der Waals surface area contributed by atoms with Gasteiger partial charge >= 0.3 is 0 Å². The van der Waals surface area contributed by atoms with E-state index in [9.17, 15) is 0 Å². The Morgan fingerprint density at radius 1 is 0.500 bits per heavy atom. The maximum absolute atomic E-state index is 2.25. The van der Waals surface area contributed by atoms with Crippen molar-refractivity contribution in [2.75, 3.05) is 0 Å². The van der Waals surface area contributed by atoms with Crippen LogP contribution in [0.5, 0.6) is 0 Å². The molecule has 0 fully saturated rings. The van der Waals surface area contributed by atoms with Crippen molar-refractivity contribution >= 4 is 0 Å². The number of hydrogen-bond donors (Lipinski definition) is 0. The lowest BCUT2D eigenvalue weighted by Gasteiger charge is -2.22. The summed E-state index contributed by atoms with van der Waals surface area (Å²) in [5.74, 6) is 0. The van der Waals surface area contributed by atoms with E-state index in [0.29, 0.717) is 0 Å². The zero-order valence-corrected chi connectivity index (χ0v) is 11.3. The van der Waals surface area contributed by atoms with Crippen molar-refractivity contribution in [3.05, 3.63) is 83.9 Å². The van der Waals surface area contributed by atoms with Gasteiger partial charge in [-0.1, -0.05) is 72.8 Å². The van der Waals surface area contributed by atoms with Crippen molar-refractivity contribution < 1.29 is 0 Å². The first-order valence-electron chi connectivity index (χ1n) is 7.18. The molecule has 3 aromatic carbocycles. The van der Waals surface area contributed by atoms with Crippen LogP contribution in [0.4, 0.5) is 0 Å². The molecule has 0 saturated carbocycles. The van der Waals surface area contributed by atoms with Gasteiger partial charge in [-0.2, -0.15) is 0 Å². The Hall–Kier alpha value is -2.34. The summed E-state index contributed by atoms with van der Waals surface area (Å²) < 4.78 is 0. The summed E-state index contributed by atoms with van der Waals surface area (Å²) in [7, 11) is 0. The largest absolute Gasteiger partial charge is 0.0622 e. The third-order valence-corrected chi connectivity index (χ3v) is 4.22. The van der Waals surface area contributed by atoms with Crippen molar-refractivity contribution in [2.45, 2.75) is 12.8 Å². The van der Waals surface area contributed by atoms with E-state index in [0.717, 1.165) is 0 Å². The minimum absolute atomic E-state index is 1.23. The third-order valence-electron chi connectivity index (χ3n) is 4.22. The summed E-state index contributed by atoms with van der Waals surface area (Å²) in [6.07, 6.45) is 2.47. The summed E-state index contributed by atoms with van der Waals surface area (Å²) in [5, 5.41) is 0. The second-order valence-electron chi connectivity index (χ2n) is 5.39. The number of aryl methyl sites for hydroxylation is 1. The maximum Gasteiger partial charge on any atom is -0.0149 e. The number of hydrogen-bond acceptors (Lipinski definition) is 0. The Labute approximate surface area is 119 Å². The minimum Gasteiger partial charge on any atom is -0.0622 e. The molecule has 20 heavy (non-hydrogen) atoms. The van der Waals surface area contributed by atoms with E-state index >= 15 is 0 Å².